The second-order valence-corrected chi connectivity index (χ2v) is 14.8. The van der Waals surface area contributed by atoms with E-state index in [0.717, 1.165) is 77.0 Å². The van der Waals surface area contributed by atoms with Gasteiger partial charge < -0.3 is 20.3 Å². The summed E-state index contributed by atoms with van der Waals surface area (Å²) in [6, 6.07) is -0.714. The van der Waals surface area contributed by atoms with E-state index < -0.39 is 18.2 Å². The van der Waals surface area contributed by atoms with Gasteiger partial charge in [-0.05, 0) is 70.6 Å². The molecule has 53 heavy (non-hydrogen) atoms. The van der Waals surface area contributed by atoms with Gasteiger partial charge in [0.1, 0.15) is 6.10 Å². The molecule has 0 fully saturated rings. The highest BCUT2D eigenvalue weighted by atomic mass is 16.5. The Labute approximate surface area is 327 Å². The first kappa shape index (κ1) is 50.6. The van der Waals surface area contributed by atoms with Gasteiger partial charge in [0.2, 0.25) is 5.91 Å². The van der Waals surface area contributed by atoms with Crippen LogP contribution in [0.5, 0.6) is 0 Å². The first-order chi connectivity index (χ1) is 26.0. The molecular formula is C47H83NO5. The van der Waals surface area contributed by atoms with Crippen molar-refractivity contribution in [3.8, 4) is 0 Å². The molecule has 0 radical (unpaired) electrons. The summed E-state index contributed by atoms with van der Waals surface area (Å²) in [7, 11) is 0. The highest BCUT2D eigenvalue weighted by Crippen LogP contribution is 2.16. The van der Waals surface area contributed by atoms with Crippen molar-refractivity contribution in [3.05, 3.63) is 60.8 Å². The third-order valence-electron chi connectivity index (χ3n) is 9.68. The van der Waals surface area contributed by atoms with Crippen molar-refractivity contribution in [2.24, 2.45) is 0 Å². The summed E-state index contributed by atoms with van der Waals surface area (Å²) < 4.78 is 5.87. The van der Waals surface area contributed by atoms with Gasteiger partial charge in [-0.15, -0.1) is 0 Å². The lowest BCUT2D eigenvalue weighted by atomic mass is 10.0. The zero-order valence-corrected chi connectivity index (χ0v) is 34.6. The lowest BCUT2D eigenvalue weighted by molar-refractivity contribution is -0.151. The van der Waals surface area contributed by atoms with Gasteiger partial charge in [0.25, 0.3) is 0 Å². The van der Waals surface area contributed by atoms with Crippen LogP contribution in [-0.2, 0) is 14.3 Å². The summed E-state index contributed by atoms with van der Waals surface area (Å²) in [5, 5.41) is 23.5. The Kier molecular flexibility index (Phi) is 38.9. The number of nitrogens with one attached hydrogen (secondary N) is 1. The average Bonchev–Trinajstić information content (AvgIpc) is 3.15. The molecule has 0 saturated carbocycles. The Bertz CT molecular complexity index is 968. The van der Waals surface area contributed by atoms with Crippen LogP contribution in [0.15, 0.2) is 60.8 Å². The summed E-state index contributed by atoms with van der Waals surface area (Å²) in [6.45, 7) is 6.26. The molecule has 0 aromatic heterocycles. The largest absolute Gasteiger partial charge is 0.462 e. The second-order valence-electron chi connectivity index (χ2n) is 14.8. The molecule has 1 amide bonds. The molecule has 0 aromatic carbocycles. The standard InChI is InChI=1S/C47H83NO5/c1-4-7-10-13-16-19-21-23-24-27-29-32-35-38-43(53-47(52)40-37-34-31-28-25-22-20-17-14-11-8-5-2)41-46(51)48-44(42-49)45(50)39-36-33-30-26-18-15-12-9-6-3/h7,10,13,16-17,19-21,23-24,43-45,49-50H,4-6,8-9,11-12,14-15,18,22,25-42H2,1-3H3,(H,48,51)/b10-7+,16-13+,20-17-,21-19+,24-23-. The number of allylic oxidation sites excluding steroid dienone is 10. The number of aliphatic hydroxyl groups is 2. The maximum absolute atomic E-state index is 13.1. The highest BCUT2D eigenvalue weighted by Gasteiger charge is 2.24. The van der Waals surface area contributed by atoms with Gasteiger partial charge in [0.15, 0.2) is 0 Å². The molecule has 6 heteroatoms. The van der Waals surface area contributed by atoms with Crippen LogP contribution in [0.25, 0.3) is 0 Å². The zero-order chi connectivity index (χ0) is 38.9. The summed E-state index contributed by atoms with van der Waals surface area (Å²) in [6.07, 6.45) is 48.5. The van der Waals surface area contributed by atoms with E-state index in [4.69, 9.17) is 4.74 Å². The topological polar surface area (TPSA) is 95.9 Å². The summed E-state index contributed by atoms with van der Waals surface area (Å²) in [4.78, 5) is 25.9. The Balaban J connectivity index is 4.72. The van der Waals surface area contributed by atoms with Crippen LogP contribution in [-0.4, -0.2) is 46.9 Å². The molecule has 0 spiro atoms. The van der Waals surface area contributed by atoms with E-state index in [2.05, 4.69) is 56.5 Å². The molecule has 6 nitrogen and oxygen atoms in total. The number of ether oxygens (including phenoxy) is 1. The van der Waals surface area contributed by atoms with Crippen molar-refractivity contribution in [1.82, 2.24) is 5.32 Å². The average molecular weight is 742 g/mol. The normalized spacial score (nSPS) is 14.0. The maximum atomic E-state index is 13.1. The molecule has 0 saturated heterocycles. The van der Waals surface area contributed by atoms with Gasteiger partial charge in [-0.3, -0.25) is 9.59 Å². The van der Waals surface area contributed by atoms with Crippen LogP contribution in [0, 0.1) is 0 Å². The molecule has 3 N–H and O–H groups in total. The zero-order valence-electron chi connectivity index (χ0n) is 34.6. The predicted molar refractivity (Wildman–Crippen MR) is 227 cm³/mol. The third kappa shape index (κ3) is 36.3. The van der Waals surface area contributed by atoms with Crippen molar-refractivity contribution >= 4 is 11.9 Å². The molecule has 0 aromatic rings. The fourth-order valence-electron chi connectivity index (χ4n) is 6.32. The molecule has 306 valence electrons. The lowest BCUT2D eigenvalue weighted by Gasteiger charge is -2.24. The molecule has 0 bridgehead atoms. The second kappa shape index (κ2) is 40.7. The Hall–Kier alpha value is -2.44. The van der Waals surface area contributed by atoms with E-state index in [1.807, 2.05) is 30.4 Å². The van der Waals surface area contributed by atoms with Crippen molar-refractivity contribution in [3.63, 3.8) is 0 Å². The molecule has 3 unspecified atom stereocenters. The number of esters is 1. The quantitative estimate of drug-likeness (QED) is 0.0253. The molecule has 0 aliphatic heterocycles. The molecule has 0 rings (SSSR count). The minimum Gasteiger partial charge on any atom is -0.462 e. The molecule has 0 aliphatic carbocycles. The first-order valence-electron chi connectivity index (χ1n) is 22.1. The van der Waals surface area contributed by atoms with E-state index >= 15 is 0 Å². The van der Waals surface area contributed by atoms with Gasteiger partial charge >= 0.3 is 5.97 Å². The number of amides is 1. The van der Waals surface area contributed by atoms with Crippen molar-refractivity contribution in [2.45, 2.75) is 219 Å². The van der Waals surface area contributed by atoms with Crippen molar-refractivity contribution < 1.29 is 24.5 Å². The van der Waals surface area contributed by atoms with Gasteiger partial charge in [-0.1, -0.05) is 178 Å². The Morgan fingerprint density at radius 3 is 1.66 bits per heavy atom. The minimum absolute atomic E-state index is 0.0462. The summed E-state index contributed by atoms with van der Waals surface area (Å²) in [5.74, 6) is -0.530. The summed E-state index contributed by atoms with van der Waals surface area (Å²) in [5.41, 5.74) is 0. The van der Waals surface area contributed by atoms with Crippen LogP contribution < -0.4 is 5.32 Å². The Morgan fingerprint density at radius 1 is 0.566 bits per heavy atom. The number of hydrogen-bond donors (Lipinski definition) is 3. The van der Waals surface area contributed by atoms with Crippen LogP contribution in [0.1, 0.15) is 201 Å². The van der Waals surface area contributed by atoms with Crippen LogP contribution >= 0.6 is 0 Å². The highest BCUT2D eigenvalue weighted by molar-refractivity contribution is 5.77. The SMILES string of the molecule is CC/C=C/C=C/C=C/C=C\CCCCCC(CC(=O)NC(CO)C(O)CCCCCCCCCCC)OC(=O)CCCCCCC/C=C\CCCCC. The number of carbonyl (C=O) groups is 2. The number of carbonyl (C=O) groups excluding carboxylic acids is 2. The van der Waals surface area contributed by atoms with E-state index in [0.29, 0.717) is 19.3 Å². The molecular weight excluding hydrogens is 659 g/mol. The predicted octanol–water partition coefficient (Wildman–Crippen LogP) is 12.5. The fraction of sp³-hybridized carbons (Fsp3) is 0.745. The lowest BCUT2D eigenvalue weighted by Crippen LogP contribution is -2.46. The van der Waals surface area contributed by atoms with Crippen LogP contribution in [0.4, 0.5) is 0 Å². The van der Waals surface area contributed by atoms with Crippen LogP contribution in [0.2, 0.25) is 0 Å². The molecule has 0 aliphatic rings. The minimum atomic E-state index is -0.798. The van der Waals surface area contributed by atoms with Gasteiger partial charge in [0, 0.05) is 6.42 Å². The van der Waals surface area contributed by atoms with Gasteiger partial charge in [0.05, 0.1) is 25.2 Å². The first-order valence-corrected chi connectivity index (χ1v) is 22.1. The number of unbranched alkanes of at least 4 members (excludes halogenated alkanes) is 19. The molecule has 0 heterocycles. The van der Waals surface area contributed by atoms with E-state index in [9.17, 15) is 19.8 Å². The van der Waals surface area contributed by atoms with E-state index in [1.54, 1.807) is 0 Å². The van der Waals surface area contributed by atoms with Gasteiger partial charge in [-0.25, -0.2) is 0 Å². The van der Waals surface area contributed by atoms with E-state index in [-0.39, 0.29) is 24.9 Å². The van der Waals surface area contributed by atoms with Crippen molar-refractivity contribution in [2.75, 3.05) is 6.61 Å². The molecule has 3 atom stereocenters. The number of rotatable bonds is 38. The third-order valence-corrected chi connectivity index (χ3v) is 9.68. The summed E-state index contributed by atoms with van der Waals surface area (Å²) >= 11 is 0. The number of hydrogen-bond acceptors (Lipinski definition) is 5. The van der Waals surface area contributed by atoms with Gasteiger partial charge in [-0.2, -0.15) is 0 Å². The van der Waals surface area contributed by atoms with Crippen LogP contribution in [0.3, 0.4) is 0 Å². The smallest absolute Gasteiger partial charge is 0.306 e. The maximum Gasteiger partial charge on any atom is 0.306 e. The number of aliphatic hydroxyl groups excluding tert-OH is 2. The van der Waals surface area contributed by atoms with Crippen molar-refractivity contribution in [1.29, 1.82) is 0 Å². The van der Waals surface area contributed by atoms with E-state index in [1.165, 1.54) is 77.0 Å². The Morgan fingerprint density at radius 2 is 1.04 bits per heavy atom. The fourth-order valence-corrected chi connectivity index (χ4v) is 6.32. The monoisotopic (exact) mass is 742 g/mol.